The summed E-state index contributed by atoms with van der Waals surface area (Å²) < 4.78 is 1.94. The summed E-state index contributed by atoms with van der Waals surface area (Å²) >= 11 is 1.71. The van der Waals surface area contributed by atoms with E-state index < -0.39 is 0 Å². The molecule has 132 valence electrons. The molecule has 0 aliphatic rings. The maximum absolute atomic E-state index is 12.3. The number of nitrogens with zero attached hydrogens (tertiary/aromatic N) is 3. The topological polar surface area (TPSA) is 38.1 Å². The van der Waals surface area contributed by atoms with E-state index in [0.717, 1.165) is 16.8 Å². The molecule has 0 saturated heterocycles. The van der Waals surface area contributed by atoms with Crippen LogP contribution in [0.1, 0.15) is 11.1 Å². The minimum absolute atomic E-state index is 0.0161. The van der Waals surface area contributed by atoms with Gasteiger partial charge in [0.15, 0.2) is 0 Å². The number of rotatable bonds is 6. The summed E-state index contributed by atoms with van der Waals surface area (Å²) in [4.78, 5) is 19.3. The molecule has 3 rings (SSSR count). The molecule has 2 aromatic carbocycles. The SMILES string of the molecule is CSc1ccc(CN(C)C(=O)C=Cc2ccc(-n3ccnc3)cc2)cc1. The van der Waals surface area contributed by atoms with Gasteiger partial charge in [-0.15, -0.1) is 11.8 Å². The lowest BCUT2D eigenvalue weighted by Gasteiger charge is -2.15. The first-order chi connectivity index (χ1) is 12.7. The van der Waals surface area contributed by atoms with Gasteiger partial charge in [0, 0.05) is 42.6 Å². The van der Waals surface area contributed by atoms with Gasteiger partial charge in [-0.25, -0.2) is 4.98 Å². The van der Waals surface area contributed by atoms with Crippen LogP contribution in [0.25, 0.3) is 11.8 Å². The summed E-state index contributed by atoms with van der Waals surface area (Å²) in [7, 11) is 1.82. The van der Waals surface area contributed by atoms with Crippen LogP contribution in [0.5, 0.6) is 0 Å². The van der Waals surface area contributed by atoms with E-state index in [1.807, 2.05) is 48.2 Å². The van der Waals surface area contributed by atoms with Crippen molar-refractivity contribution in [1.29, 1.82) is 0 Å². The Morgan fingerprint density at radius 1 is 1.15 bits per heavy atom. The van der Waals surface area contributed by atoms with E-state index in [-0.39, 0.29) is 5.91 Å². The van der Waals surface area contributed by atoms with Crippen molar-refractivity contribution in [2.75, 3.05) is 13.3 Å². The van der Waals surface area contributed by atoms with Gasteiger partial charge in [-0.1, -0.05) is 24.3 Å². The molecule has 1 heterocycles. The van der Waals surface area contributed by atoms with Gasteiger partial charge < -0.3 is 9.47 Å². The highest BCUT2D eigenvalue weighted by atomic mass is 32.2. The van der Waals surface area contributed by atoms with Crippen LogP contribution in [0.2, 0.25) is 0 Å². The summed E-state index contributed by atoms with van der Waals surface area (Å²) in [6, 6.07) is 16.3. The predicted molar refractivity (Wildman–Crippen MR) is 107 cm³/mol. The second-order valence-electron chi connectivity index (χ2n) is 5.94. The molecule has 0 spiro atoms. The van der Waals surface area contributed by atoms with Gasteiger partial charge in [-0.05, 0) is 47.7 Å². The number of hydrogen-bond acceptors (Lipinski definition) is 3. The van der Waals surface area contributed by atoms with E-state index >= 15 is 0 Å². The number of amides is 1. The fraction of sp³-hybridized carbons (Fsp3) is 0.143. The standard InChI is InChI=1S/C21H21N3OS/c1-23(15-18-5-10-20(26-2)11-6-18)21(25)12-7-17-3-8-19(9-4-17)24-14-13-22-16-24/h3-14,16H,15H2,1-2H3. The predicted octanol–water partition coefficient (Wildman–Crippen LogP) is 4.27. The molecule has 0 radical (unpaired) electrons. The first-order valence-corrected chi connectivity index (χ1v) is 9.52. The third-order valence-electron chi connectivity index (χ3n) is 4.07. The van der Waals surface area contributed by atoms with Crippen LogP contribution < -0.4 is 0 Å². The van der Waals surface area contributed by atoms with Crippen LogP contribution in [0.3, 0.4) is 0 Å². The van der Waals surface area contributed by atoms with Gasteiger partial charge >= 0.3 is 0 Å². The molecular weight excluding hydrogens is 342 g/mol. The lowest BCUT2D eigenvalue weighted by molar-refractivity contribution is -0.125. The third-order valence-corrected chi connectivity index (χ3v) is 4.81. The Kier molecular flexibility index (Phi) is 5.92. The van der Waals surface area contributed by atoms with Crippen LogP contribution in [0.4, 0.5) is 0 Å². The van der Waals surface area contributed by atoms with E-state index in [1.165, 1.54) is 4.90 Å². The molecule has 0 unspecified atom stereocenters. The average molecular weight is 363 g/mol. The second kappa shape index (κ2) is 8.54. The fourth-order valence-electron chi connectivity index (χ4n) is 2.55. The number of likely N-dealkylation sites (N-methyl/N-ethyl adjacent to an activating group) is 1. The molecule has 5 heteroatoms. The van der Waals surface area contributed by atoms with Gasteiger partial charge in [-0.3, -0.25) is 4.79 Å². The van der Waals surface area contributed by atoms with Gasteiger partial charge in [0.1, 0.15) is 0 Å². The van der Waals surface area contributed by atoms with Gasteiger partial charge in [-0.2, -0.15) is 0 Å². The average Bonchev–Trinajstić information content (AvgIpc) is 3.22. The third kappa shape index (κ3) is 4.64. The lowest BCUT2D eigenvalue weighted by Crippen LogP contribution is -2.24. The first kappa shape index (κ1) is 18.0. The molecule has 3 aromatic rings. The maximum atomic E-state index is 12.3. The van der Waals surface area contributed by atoms with E-state index in [4.69, 9.17) is 0 Å². The van der Waals surface area contributed by atoms with Crippen molar-refractivity contribution in [3.05, 3.63) is 84.5 Å². The summed E-state index contributed by atoms with van der Waals surface area (Å²) in [5.74, 6) is -0.0161. The molecule has 0 fully saturated rings. The molecule has 26 heavy (non-hydrogen) atoms. The number of hydrogen-bond donors (Lipinski definition) is 0. The molecule has 0 aliphatic carbocycles. The molecule has 1 amide bonds. The number of imidazole rings is 1. The normalized spacial score (nSPS) is 11.0. The summed E-state index contributed by atoms with van der Waals surface area (Å²) in [5, 5.41) is 0. The Balaban J connectivity index is 1.59. The van der Waals surface area contributed by atoms with Crippen molar-refractivity contribution in [1.82, 2.24) is 14.5 Å². The number of aromatic nitrogens is 2. The second-order valence-corrected chi connectivity index (χ2v) is 6.82. The van der Waals surface area contributed by atoms with Gasteiger partial charge in [0.25, 0.3) is 0 Å². The minimum atomic E-state index is -0.0161. The highest BCUT2D eigenvalue weighted by Crippen LogP contribution is 2.16. The monoisotopic (exact) mass is 363 g/mol. The zero-order valence-corrected chi connectivity index (χ0v) is 15.7. The smallest absolute Gasteiger partial charge is 0.246 e. The molecule has 1 aromatic heterocycles. The van der Waals surface area contributed by atoms with Crippen molar-refractivity contribution in [3.63, 3.8) is 0 Å². The number of carbonyl (C=O) groups is 1. The fourth-order valence-corrected chi connectivity index (χ4v) is 2.96. The summed E-state index contributed by atoms with van der Waals surface area (Å²) in [6.45, 7) is 0.595. The van der Waals surface area contributed by atoms with Gasteiger partial charge in [0.05, 0.1) is 6.33 Å². The lowest BCUT2D eigenvalue weighted by atomic mass is 10.2. The largest absolute Gasteiger partial charge is 0.338 e. The van der Waals surface area contributed by atoms with Crippen LogP contribution in [0, 0.1) is 0 Å². The van der Waals surface area contributed by atoms with Crippen molar-refractivity contribution >= 4 is 23.7 Å². The van der Waals surface area contributed by atoms with Crippen molar-refractivity contribution < 1.29 is 4.79 Å². The Hall–Kier alpha value is -2.79. The van der Waals surface area contributed by atoms with Crippen molar-refractivity contribution in [2.45, 2.75) is 11.4 Å². The molecule has 4 nitrogen and oxygen atoms in total. The summed E-state index contributed by atoms with van der Waals surface area (Å²) in [6.07, 6.45) is 10.9. The van der Waals surface area contributed by atoms with Crippen molar-refractivity contribution in [2.24, 2.45) is 0 Å². The van der Waals surface area contributed by atoms with E-state index in [9.17, 15) is 4.79 Å². The maximum Gasteiger partial charge on any atom is 0.246 e. The van der Waals surface area contributed by atoms with Gasteiger partial charge in [0.2, 0.25) is 5.91 Å². The molecule has 0 N–H and O–H groups in total. The molecule has 0 aliphatic heterocycles. The zero-order chi connectivity index (χ0) is 18.4. The minimum Gasteiger partial charge on any atom is -0.338 e. The van der Waals surface area contributed by atoms with Crippen LogP contribution in [-0.4, -0.2) is 33.7 Å². The van der Waals surface area contributed by atoms with Crippen LogP contribution in [0.15, 0.2) is 78.2 Å². The molecule has 0 bridgehead atoms. The number of thioether (sulfide) groups is 1. The highest BCUT2D eigenvalue weighted by molar-refractivity contribution is 7.98. The molecule has 0 atom stereocenters. The van der Waals surface area contributed by atoms with Crippen LogP contribution >= 0.6 is 11.8 Å². The number of carbonyl (C=O) groups excluding carboxylic acids is 1. The Morgan fingerprint density at radius 3 is 2.50 bits per heavy atom. The van der Waals surface area contributed by atoms with Crippen molar-refractivity contribution in [3.8, 4) is 5.69 Å². The summed E-state index contributed by atoms with van der Waals surface area (Å²) in [5.41, 5.74) is 3.15. The molecule has 0 saturated carbocycles. The molecular formula is C21H21N3OS. The number of benzene rings is 2. The Labute approximate surface area is 158 Å². The Morgan fingerprint density at radius 2 is 1.88 bits per heavy atom. The highest BCUT2D eigenvalue weighted by Gasteiger charge is 2.06. The Bertz CT molecular complexity index is 869. The van der Waals surface area contributed by atoms with E-state index in [2.05, 4.69) is 35.5 Å². The quantitative estimate of drug-likeness (QED) is 0.485. The van der Waals surface area contributed by atoms with E-state index in [0.29, 0.717) is 6.54 Å². The first-order valence-electron chi connectivity index (χ1n) is 8.30. The van der Waals surface area contributed by atoms with Crippen LogP contribution in [-0.2, 0) is 11.3 Å². The van der Waals surface area contributed by atoms with E-state index in [1.54, 1.807) is 35.3 Å². The zero-order valence-electron chi connectivity index (χ0n) is 14.9.